The number of carbonyl (C=O) groups excluding carboxylic acids is 3. The number of aromatic nitrogens is 2. The van der Waals surface area contributed by atoms with Crippen molar-refractivity contribution in [3.8, 4) is 6.07 Å². The number of halogens is 3. The Morgan fingerprint density at radius 1 is 1.41 bits per heavy atom. The fourth-order valence-corrected chi connectivity index (χ4v) is 3.76. The molecule has 1 aromatic carbocycles. The summed E-state index contributed by atoms with van der Waals surface area (Å²) in [7, 11) is 0.979. The van der Waals surface area contributed by atoms with E-state index in [1.54, 1.807) is 28.7 Å². The Labute approximate surface area is 224 Å². The molecule has 0 saturated heterocycles. The van der Waals surface area contributed by atoms with Gasteiger partial charge in [-0.15, -0.1) is 0 Å². The number of aliphatic hydroxyl groups excluding tert-OH is 1. The van der Waals surface area contributed by atoms with Crippen molar-refractivity contribution in [3.63, 3.8) is 0 Å². The first-order valence-electron chi connectivity index (χ1n) is 11.2. The third-order valence-corrected chi connectivity index (χ3v) is 5.92. The van der Waals surface area contributed by atoms with Gasteiger partial charge in [0.15, 0.2) is 31.5 Å². The summed E-state index contributed by atoms with van der Waals surface area (Å²) < 4.78 is 36.2. The van der Waals surface area contributed by atoms with Gasteiger partial charge in [0, 0.05) is 18.0 Å². The average molecular weight is 635 g/mol. The number of benzene rings is 1. The number of nitriles is 1. The highest BCUT2D eigenvalue weighted by Crippen LogP contribution is 2.30. The van der Waals surface area contributed by atoms with Gasteiger partial charge in [0.25, 0.3) is 0 Å². The number of esters is 1. The molecule has 1 heterocycles. The van der Waals surface area contributed by atoms with E-state index in [4.69, 9.17) is 4.74 Å². The van der Waals surface area contributed by atoms with Crippen molar-refractivity contribution >= 4 is 57.4 Å². The van der Waals surface area contributed by atoms with Crippen LogP contribution >= 0.6 is 22.6 Å². The molecule has 15 heteroatoms. The number of anilines is 1. The zero-order valence-electron chi connectivity index (χ0n) is 20.2. The van der Waals surface area contributed by atoms with E-state index in [9.17, 15) is 34.0 Å². The van der Waals surface area contributed by atoms with Crippen LogP contribution in [0, 0.1) is 27.9 Å². The molecule has 12 nitrogen and oxygen atoms in total. The van der Waals surface area contributed by atoms with E-state index in [0.717, 1.165) is 18.0 Å². The molecule has 0 aliphatic heterocycles. The molecule has 0 radical (unpaired) electrons. The number of hydrogen-bond donors (Lipinski definition) is 2. The minimum Gasteiger partial charge on any atom is -0.444 e. The molecular weight excluding hydrogens is 609 g/mol. The van der Waals surface area contributed by atoms with E-state index >= 15 is 4.39 Å². The third-order valence-electron chi connectivity index (χ3n) is 5.27. The minimum atomic E-state index is -1.20. The first kappa shape index (κ1) is 30.1. The van der Waals surface area contributed by atoms with Crippen molar-refractivity contribution in [2.75, 3.05) is 36.3 Å². The van der Waals surface area contributed by atoms with Crippen LogP contribution in [-0.4, -0.2) is 74.6 Å². The molecule has 0 bridgehead atoms. The van der Waals surface area contributed by atoms with Crippen LogP contribution in [0.5, 0.6) is 0 Å². The van der Waals surface area contributed by atoms with Crippen molar-refractivity contribution in [1.29, 1.82) is 5.26 Å². The van der Waals surface area contributed by atoms with E-state index in [-0.39, 0.29) is 45.7 Å². The van der Waals surface area contributed by atoms with Gasteiger partial charge in [0.2, 0.25) is 11.9 Å². The quantitative estimate of drug-likeness (QED) is 0.110. The predicted molar refractivity (Wildman–Crippen MR) is 135 cm³/mol. The lowest BCUT2D eigenvalue weighted by Gasteiger charge is -2.22. The maximum atomic E-state index is 15.0. The molecule has 2 amide bonds. The Hall–Kier alpha value is -3.10. The van der Waals surface area contributed by atoms with Crippen LogP contribution in [0.25, 0.3) is 11.0 Å². The SMILES string of the molecule is CCCCn1c(N(COC(=O)CCN[C@@H](CO)C(=O)[N+](C)=O)C(=O)CI)nc2c(F)cc(C#N)c(F)c21. The van der Waals surface area contributed by atoms with Crippen LogP contribution in [0.3, 0.4) is 0 Å². The fourth-order valence-electron chi connectivity index (χ4n) is 3.35. The first-order chi connectivity index (χ1) is 17.6. The predicted octanol–water partition coefficient (Wildman–Crippen LogP) is 1.53. The molecule has 2 rings (SSSR count). The minimum absolute atomic E-state index is 0.0512. The van der Waals surface area contributed by atoms with Crippen molar-refractivity contribution in [3.05, 3.63) is 28.2 Å². The Morgan fingerprint density at radius 2 is 2.11 bits per heavy atom. The zero-order chi connectivity index (χ0) is 27.7. The average Bonchev–Trinajstić information content (AvgIpc) is 3.26. The lowest BCUT2D eigenvalue weighted by atomic mass is 10.2. The van der Waals surface area contributed by atoms with Gasteiger partial charge < -0.3 is 14.4 Å². The van der Waals surface area contributed by atoms with Crippen molar-refractivity contribution in [2.24, 2.45) is 0 Å². The van der Waals surface area contributed by atoms with Crippen LogP contribution in [-0.2, 0) is 25.7 Å². The summed E-state index contributed by atoms with van der Waals surface area (Å²) in [6, 6.07) is 1.13. The molecule has 0 fully saturated rings. The molecule has 0 spiro atoms. The number of ether oxygens (including phenoxy) is 1. The number of fused-ring (bicyclic) bond motifs is 1. The number of rotatable bonds is 13. The highest BCUT2D eigenvalue weighted by Gasteiger charge is 2.30. The summed E-state index contributed by atoms with van der Waals surface area (Å²) in [5.74, 6) is -4.32. The van der Waals surface area contributed by atoms with Gasteiger partial charge in [-0.3, -0.25) is 14.9 Å². The van der Waals surface area contributed by atoms with E-state index in [1.807, 2.05) is 6.92 Å². The number of aryl methyl sites for hydroxylation is 1. The highest BCUT2D eigenvalue weighted by molar-refractivity contribution is 14.1. The number of imidazole rings is 1. The van der Waals surface area contributed by atoms with E-state index in [1.165, 1.54) is 4.57 Å². The number of hydrogen-bond acceptors (Lipinski definition) is 9. The maximum Gasteiger partial charge on any atom is 0.451 e. The van der Waals surface area contributed by atoms with Gasteiger partial charge in [-0.05, 0) is 12.5 Å². The number of carbonyl (C=O) groups is 3. The van der Waals surface area contributed by atoms with Crippen LogP contribution in [0.1, 0.15) is 31.7 Å². The van der Waals surface area contributed by atoms with Crippen LogP contribution < -0.4 is 10.2 Å². The van der Waals surface area contributed by atoms with E-state index in [0.29, 0.717) is 12.8 Å². The maximum absolute atomic E-state index is 15.0. The number of aliphatic hydroxyl groups is 1. The number of nitrogens with one attached hydrogen (secondary N) is 1. The number of nitroso groups, excluding NO2 is 1. The van der Waals surface area contributed by atoms with E-state index in [2.05, 4.69) is 10.3 Å². The molecule has 2 aromatic rings. The van der Waals surface area contributed by atoms with Crippen LogP contribution in [0.15, 0.2) is 6.07 Å². The molecule has 200 valence electrons. The number of likely N-dealkylation sites (N-methyl/N-ethyl adjacent to an activating group) is 1. The second kappa shape index (κ2) is 14.0. The molecule has 0 aliphatic rings. The van der Waals surface area contributed by atoms with Crippen LogP contribution in [0.2, 0.25) is 0 Å². The second-order valence-corrected chi connectivity index (χ2v) is 8.58. The summed E-state index contributed by atoms with van der Waals surface area (Å²) in [5, 5.41) is 21.0. The van der Waals surface area contributed by atoms with Crippen molar-refractivity contribution < 1.29 is 37.8 Å². The monoisotopic (exact) mass is 635 g/mol. The summed E-state index contributed by atoms with van der Waals surface area (Å²) in [6.45, 7) is 0.639. The van der Waals surface area contributed by atoms with Gasteiger partial charge in [-0.1, -0.05) is 35.9 Å². The summed E-state index contributed by atoms with van der Waals surface area (Å²) in [5.41, 5.74) is -1.15. The molecule has 0 aliphatic carbocycles. The standard InChI is InChI=1S/C22H26F2IN6O6/c1-3-4-7-30-20-18(24)13(10-26)8-14(23)19(20)28-22(30)31(16(33)9-25)12-37-17(34)5-6-27-15(11-32)21(35)29(2)36/h8,15,27,32H,3-7,9,11-12H2,1-2H3/q+1/t15-/m0/s1. The Balaban J connectivity index is 2.29. The summed E-state index contributed by atoms with van der Waals surface area (Å²) >= 11 is 1.79. The van der Waals surface area contributed by atoms with Gasteiger partial charge in [-0.25, -0.2) is 23.5 Å². The molecule has 2 N–H and O–H groups in total. The van der Waals surface area contributed by atoms with Gasteiger partial charge in [0.1, 0.15) is 17.1 Å². The molecule has 37 heavy (non-hydrogen) atoms. The number of unbranched alkanes of at least 4 members (excludes halogenated alkanes) is 1. The zero-order valence-corrected chi connectivity index (χ0v) is 22.3. The summed E-state index contributed by atoms with van der Waals surface area (Å²) in [4.78, 5) is 52.8. The largest absolute Gasteiger partial charge is 0.451 e. The summed E-state index contributed by atoms with van der Waals surface area (Å²) in [6.07, 6.45) is 0.930. The number of alkyl halides is 1. The number of amides is 2. The fraction of sp³-hybridized carbons (Fsp3) is 0.500. The Bertz CT molecular complexity index is 1230. The highest BCUT2D eigenvalue weighted by atomic mass is 127. The lowest BCUT2D eigenvalue weighted by Crippen LogP contribution is -2.44. The smallest absolute Gasteiger partial charge is 0.444 e. The topological polar surface area (TPSA) is 158 Å². The third kappa shape index (κ3) is 7.23. The van der Waals surface area contributed by atoms with Gasteiger partial charge >= 0.3 is 11.9 Å². The molecular formula is C22H26F2IN6O6+. The molecule has 0 unspecified atom stereocenters. The Morgan fingerprint density at radius 3 is 2.68 bits per heavy atom. The normalized spacial score (nSPS) is 11.7. The number of nitrogens with zero attached hydrogens (tertiary/aromatic N) is 5. The second-order valence-electron chi connectivity index (χ2n) is 7.82. The molecule has 0 saturated carbocycles. The van der Waals surface area contributed by atoms with E-state index < -0.39 is 54.4 Å². The van der Waals surface area contributed by atoms with Gasteiger partial charge in [-0.2, -0.15) is 5.26 Å². The van der Waals surface area contributed by atoms with Crippen molar-refractivity contribution in [1.82, 2.24) is 14.9 Å². The molecule has 1 aromatic heterocycles. The van der Waals surface area contributed by atoms with Gasteiger partial charge in [0.05, 0.1) is 27.8 Å². The van der Waals surface area contributed by atoms with Crippen molar-refractivity contribution in [2.45, 2.75) is 38.8 Å². The first-order valence-corrected chi connectivity index (χ1v) is 12.7. The molecule has 1 atom stereocenters. The van der Waals surface area contributed by atoms with Crippen LogP contribution in [0.4, 0.5) is 14.7 Å². The lowest BCUT2D eigenvalue weighted by molar-refractivity contribution is -0.441. The Kier molecular flexibility index (Phi) is 11.4.